The van der Waals surface area contributed by atoms with E-state index in [9.17, 15) is 4.79 Å². The SMILES string of the molecule is Cc1cc2c(c(-c3ccc4nc(C)ccc4c3)c1)O[C@@H](CNC(=O)c1c(C)noc1C)C2. The van der Waals surface area contributed by atoms with Crippen LogP contribution in [0, 0.1) is 27.7 Å². The Balaban J connectivity index is 1.39. The molecule has 0 unspecified atom stereocenters. The van der Waals surface area contributed by atoms with Gasteiger partial charge in [-0.05, 0) is 68.7 Å². The number of amides is 1. The number of hydrogen-bond donors (Lipinski definition) is 1. The van der Waals surface area contributed by atoms with Crippen molar-refractivity contribution in [1.82, 2.24) is 15.5 Å². The van der Waals surface area contributed by atoms with Gasteiger partial charge < -0.3 is 14.6 Å². The molecule has 3 heterocycles. The Bertz CT molecular complexity index is 1340. The molecule has 0 fully saturated rings. The van der Waals surface area contributed by atoms with E-state index in [1.807, 2.05) is 13.0 Å². The van der Waals surface area contributed by atoms with Crippen molar-refractivity contribution in [2.24, 2.45) is 0 Å². The maximum Gasteiger partial charge on any atom is 0.256 e. The highest BCUT2D eigenvalue weighted by Gasteiger charge is 2.28. The van der Waals surface area contributed by atoms with Gasteiger partial charge in [-0.2, -0.15) is 0 Å². The molecule has 2 aromatic carbocycles. The Morgan fingerprint density at radius 2 is 1.94 bits per heavy atom. The van der Waals surface area contributed by atoms with Crippen LogP contribution in [-0.2, 0) is 6.42 Å². The number of carbonyl (C=O) groups excluding carboxylic acids is 1. The average molecular weight is 428 g/mol. The summed E-state index contributed by atoms with van der Waals surface area (Å²) in [5, 5.41) is 7.94. The first kappa shape index (κ1) is 20.2. The van der Waals surface area contributed by atoms with E-state index in [4.69, 9.17) is 9.26 Å². The Labute approximate surface area is 186 Å². The Morgan fingerprint density at radius 3 is 2.72 bits per heavy atom. The summed E-state index contributed by atoms with van der Waals surface area (Å²) in [7, 11) is 0. The third-order valence-corrected chi connectivity index (χ3v) is 5.93. The standard InChI is InChI=1S/C26H25N3O3/c1-14-9-20-12-21(13-27-26(30)24-16(3)29-32-17(24)4)31-25(20)22(10-14)18-7-8-23-19(11-18)6-5-15(2)28-23/h5-11,21H,12-13H2,1-4H3,(H,27,30)/t21-/m1/s1. The number of rotatable bonds is 4. The fourth-order valence-electron chi connectivity index (χ4n) is 4.42. The molecular formula is C26H25N3O3. The number of aryl methyl sites for hydroxylation is 4. The summed E-state index contributed by atoms with van der Waals surface area (Å²) in [5.74, 6) is 1.23. The molecule has 0 radical (unpaired) electrons. The van der Waals surface area contributed by atoms with Crippen molar-refractivity contribution in [1.29, 1.82) is 0 Å². The van der Waals surface area contributed by atoms with Crippen molar-refractivity contribution in [2.45, 2.75) is 40.2 Å². The molecule has 1 aliphatic rings. The zero-order chi connectivity index (χ0) is 22.4. The normalized spacial score (nSPS) is 14.9. The van der Waals surface area contributed by atoms with Crippen molar-refractivity contribution < 1.29 is 14.1 Å². The minimum atomic E-state index is -0.186. The molecule has 1 amide bonds. The second-order valence-corrected chi connectivity index (χ2v) is 8.51. The molecule has 162 valence electrons. The number of benzene rings is 2. The van der Waals surface area contributed by atoms with Crippen LogP contribution in [0.25, 0.3) is 22.0 Å². The van der Waals surface area contributed by atoms with E-state index in [-0.39, 0.29) is 12.0 Å². The van der Waals surface area contributed by atoms with Gasteiger partial charge in [-0.25, -0.2) is 0 Å². The van der Waals surface area contributed by atoms with Gasteiger partial charge >= 0.3 is 0 Å². The van der Waals surface area contributed by atoms with Crippen LogP contribution >= 0.6 is 0 Å². The fourth-order valence-corrected chi connectivity index (χ4v) is 4.42. The van der Waals surface area contributed by atoms with Crippen molar-refractivity contribution in [3.8, 4) is 16.9 Å². The van der Waals surface area contributed by atoms with E-state index in [0.29, 0.717) is 23.6 Å². The molecule has 1 aliphatic heterocycles. The van der Waals surface area contributed by atoms with Crippen LogP contribution in [0.15, 0.2) is 47.0 Å². The molecule has 6 heteroatoms. The maximum absolute atomic E-state index is 12.6. The third kappa shape index (κ3) is 3.62. The number of hydrogen-bond acceptors (Lipinski definition) is 5. The largest absolute Gasteiger partial charge is 0.487 e. The van der Waals surface area contributed by atoms with Crippen molar-refractivity contribution in [2.75, 3.05) is 6.54 Å². The van der Waals surface area contributed by atoms with E-state index >= 15 is 0 Å². The molecule has 0 spiro atoms. The van der Waals surface area contributed by atoms with Gasteiger partial charge in [0.1, 0.15) is 23.2 Å². The highest BCUT2D eigenvalue weighted by molar-refractivity contribution is 5.96. The number of carbonyl (C=O) groups is 1. The van der Waals surface area contributed by atoms with Crippen molar-refractivity contribution in [3.63, 3.8) is 0 Å². The molecule has 0 aliphatic carbocycles. The quantitative estimate of drug-likeness (QED) is 0.503. The van der Waals surface area contributed by atoms with Crippen LogP contribution in [0.2, 0.25) is 0 Å². The smallest absolute Gasteiger partial charge is 0.256 e. The lowest BCUT2D eigenvalue weighted by molar-refractivity contribution is 0.0931. The Hall–Kier alpha value is -3.67. The summed E-state index contributed by atoms with van der Waals surface area (Å²) in [6, 6.07) is 14.8. The number of nitrogens with zero attached hydrogens (tertiary/aromatic N) is 2. The zero-order valence-electron chi connectivity index (χ0n) is 18.7. The van der Waals surface area contributed by atoms with Gasteiger partial charge in [-0.15, -0.1) is 0 Å². The van der Waals surface area contributed by atoms with Crippen LogP contribution < -0.4 is 10.1 Å². The van der Waals surface area contributed by atoms with Crippen molar-refractivity contribution >= 4 is 16.8 Å². The predicted molar refractivity (Wildman–Crippen MR) is 123 cm³/mol. The lowest BCUT2D eigenvalue weighted by Gasteiger charge is -2.14. The molecule has 0 saturated heterocycles. The second kappa shape index (κ2) is 7.79. The van der Waals surface area contributed by atoms with Crippen LogP contribution in [0.5, 0.6) is 5.75 Å². The molecule has 2 aromatic heterocycles. The fraction of sp³-hybridized carbons (Fsp3) is 0.269. The minimum absolute atomic E-state index is 0.125. The summed E-state index contributed by atoms with van der Waals surface area (Å²) in [6.45, 7) is 8.02. The van der Waals surface area contributed by atoms with E-state index in [2.05, 4.69) is 58.8 Å². The number of pyridine rings is 1. The average Bonchev–Trinajstić information content (AvgIpc) is 3.33. The molecule has 32 heavy (non-hydrogen) atoms. The third-order valence-electron chi connectivity index (χ3n) is 5.93. The van der Waals surface area contributed by atoms with E-state index in [1.165, 1.54) is 11.1 Å². The highest BCUT2D eigenvalue weighted by atomic mass is 16.5. The maximum atomic E-state index is 12.6. The van der Waals surface area contributed by atoms with E-state index in [0.717, 1.165) is 39.9 Å². The topological polar surface area (TPSA) is 77.2 Å². The molecule has 1 atom stereocenters. The van der Waals surface area contributed by atoms with Crippen LogP contribution in [-0.4, -0.2) is 28.7 Å². The van der Waals surface area contributed by atoms with E-state index < -0.39 is 0 Å². The summed E-state index contributed by atoms with van der Waals surface area (Å²) >= 11 is 0. The van der Waals surface area contributed by atoms with Crippen molar-refractivity contribution in [3.05, 3.63) is 76.3 Å². The molecule has 6 nitrogen and oxygen atoms in total. The number of fused-ring (bicyclic) bond motifs is 2. The highest BCUT2D eigenvalue weighted by Crippen LogP contribution is 2.40. The summed E-state index contributed by atoms with van der Waals surface area (Å²) < 4.78 is 11.4. The first-order chi connectivity index (χ1) is 15.4. The van der Waals surface area contributed by atoms with Crippen LogP contribution in [0.3, 0.4) is 0 Å². The van der Waals surface area contributed by atoms with Gasteiger partial charge in [0.05, 0.1) is 17.8 Å². The van der Waals surface area contributed by atoms with Gasteiger partial charge in [0.25, 0.3) is 5.91 Å². The first-order valence-electron chi connectivity index (χ1n) is 10.8. The van der Waals surface area contributed by atoms with Gasteiger partial charge in [-0.3, -0.25) is 9.78 Å². The Kier molecular flexibility index (Phi) is 4.93. The van der Waals surface area contributed by atoms with Gasteiger partial charge in [0.15, 0.2) is 0 Å². The number of ether oxygens (including phenoxy) is 1. The zero-order valence-corrected chi connectivity index (χ0v) is 18.7. The van der Waals surface area contributed by atoms with Crippen LogP contribution in [0.4, 0.5) is 0 Å². The summed E-state index contributed by atoms with van der Waals surface area (Å²) in [6.07, 6.45) is 0.625. The predicted octanol–water partition coefficient (Wildman–Crippen LogP) is 4.86. The first-order valence-corrected chi connectivity index (χ1v) is 10.8. The lowest BCUT2D eigenvalue weighted by atomic mass is 9.96. The van der Waals surface area contributed by atoms with Gasteiger partial charge in [0.2, 0.25) is 0 Å². The second-order valence-electron chi connectivity index (χ2n) is 8.51. The molecule has 0 bridgehead atoms. The molecule has 1 N–H and O–H groups in total. The summed E-state index contributed by atoms with van der Waals surface area (Å²) in [5.41, 5.74) is 7.60. The van der Waals surface area contributed by atoms with E-state index in [1.54, 1.807) is 13.8 Å². The molecular weight excluding hydrogens is 402 g/mol. The van der Waals surface area contributed by atoms with Gasteiger partial charge in [0, 0.05) is 23.1 Å². The lowest BCUT2D eigenvalue weighted by Crippen LogP contribution is -2.34. The monoisotopic (exact) mass is 427 g/mol. The van der Waals surface area contributed by atoms with Crippen LogP contribution in [0.1, 0.15) is 38.6 Å². The minimum Gasteiger partial charge on any atom is -0.487 e. The number of nitrogens with one attached hydrogen (secondary N) is 1. The summed E-state index contributed by atoms with van der Waals surface area (Å²) in [4.78, 5) is 17.2. The molecule has 4 aromatic rings. The number of aromatic nitrogens is 2. The van der Waals surface area contributed by atoms with Gasteiger partial charge in [-0.1, -0.05) is 23.4 Å². The molecule has 0 saturated carbocycles. The Morgan fingerprint density at radius 1 is 1.09 bits per heavy atom. The molecule has 5 rings (SSSR count).